The van der Waals surface area contributed by atoms with E-state index in [1.807, 2.05) is 79.7 Å². The van der Waals surface area contributed by atoms with Gasteiger partial charge in [-0.3, -0.25) is 0 Å². The van der Waals surface area contributed by atoms with Crippen LogP contribution in [0.1, 0.15) is 30.4 Å². The zero-order valence-electron chi connectivity index (χ0n) is 17.9. The minimum absolute atomic E-state index is 0. The Hall–Kier alpha value is -1.73. The maximum Gasteiger partial charge on any atom is 0.120 e. The molecule has 32 heavy (non-hydrogen) atoms. The van der Waals surface area contributed by atoms with Crippen molar-refractivity contribution in [3.63, 3.8) is 0 Å². The third-order valence-electron chi connectivity index (χ3n) is 5.09. The van der Waals surface area contributed by atoms with Crippen LogP contribution in [0.4, 0.5) is 0 Å². The van der Waals surface area contributed by atoms with E-state index >= 15 is 0 Å². The van der Waals surface area contributed by atoms with E-state index in [2.05, 4.69) is 0 Å². The number of halogens is 2. The second-order valence-corrected chi connectivity index (χ2v) is 9.14. The van der Waals surface area contributed by atoms with Gasteiger partial charge in [0.1, 0.15) is 12.4 Å². The van der Waals surface area contributed by atoms with Crippen molar-refractivity contribution in [2.75, 3.05) is 6.61 Å². The number of aliphatic hydroxyl groups excluding tert-OH is 2. The predicted molar refractivity (Wildman–Crippen MR) is 134 cm³/mol. The number of aliphatic hydroxyl groups is 2. The topological polar surface area (TPSA) is 75.7 Å². The summed E-state index contributed by atoms with van der Waals surface area (Å²) < 4.78 is 5.92. The van der Waals surface area contributed by atoms with E-state index in [1.54, 1.807) is 11.8 Å². The Morgan fingerprint density at radius 1 is 1.00 bits per heavy atom. The van der Waals surface area contributed by atoms with Gasteiger partial charge in [-0.15, -0.1) is 12.4 Å². The third kappa shape index (κ3) is 7.69. The van der Waals surface area contributed by atoms with E-state index in [0.29, 0.717) is 18.1 Å². The van der Waals surface area contributed by atoms with Gasteiger partial charge < -0.3 is 20.7 Å². The molecular formula is C25H29Cl2NO3S. The van der Waals surface area contributed by atoms with Gasteiger partial charge in [0.2, 0.25) is 0 Å². The normalized spacial score (nSPS) is 13.7. The van der Waals surface area contributed by atoms with Crippen LogP contribution in [0.15, 0.2) is 82.6 Å². The molecule has 0 aromatic heterocycles. The van der Waals surface area contributed by atoms with Gasteiger partial charge in [-0.05, 0) is 53.8 Å². The minimum atomic E-state index is -0.774. The fourth-order valence-corrected chi connectivity index (χ4v) is 4.60. The van der Waals surface area contributed by atoms with Gasteiger partial charge in [0.15, 0.2) is 0 Å². The molecule has 7 heteroatoms. The Balaban J connectivity index is 0.00000363. The summed E-state index contributed by atoms with van der Waals surface area (Å²) in [5.74, 6) is 0.841. The Bertz CT molecular complexity index is 974. The van der Waals surface area contributed by atoms with Crippen LogP contribution in [0.25, 0.3) is 0 Å². The third-order valence-corrected chi connectivity index (χ3v) is 6.40. The zero-order chi connectivity index (χ0) is 22.2. The summed E-state index contributed by atoms with van der Waals surface area (Å²) in [7, 11) is 0. The molecule has 0 saturated heterocycles. The summed E-state index contributed by atoms with van der Waals surface area (Å²) in [6.45, 7) is 2.28. The summed E-state index contributed by atoms with van der Waals surface area (Å²) in [4.78, 5) is 2.08. The molecular weight excluding hydrogens is 465 g/mol. The molecule has 4 N–H and O–H groups in total. The molecule has 0 heterocycles. The van der Waals surface area contributed by atoms with Crippen molar-refractivity contribution in [2.24, 2.45) is 5.73 Å². The lowest BCUT2D eigenvalue weighted by atomic mass is 9.92. The molecule has 0 aliphatic heterocycles. The maximum atomic E-state index is 10.1. The molecule has 0 saturated carbocycles. The second kappa shape index (κ2) is 13.1. The van der Waals surface area contributed by atoms with Crippen molar-refractivity contribution in [3.05, 3.63) is 88.9 Å². The SMILES string of the molecule is CC(CC(O)C(N)CO)c1ccc(Sc2cccc(OCc3ccccc3)c2)cc1Cl.Cl. The number of nitrogens with two attached hydrogens (primary N) is 1. The lowest BCUT2D eigenvalue weighted by molar-refractivity contribution is 0.0965. The van der Waals surface area contributed by atoms with Gasteiger partial charge >= 0.3 is 0 Å². The highest BCUT2D eigenvalue weighted by Gasteiger charge is 2.19. The fraction of sp³-hybridized carbons (Fsp3) is 0.280. The molecule has 3 aromatic rings. The molecule has 3 aromatic carbocycles. The highest BCUT2D eigenvalue weighted by atomic mass is 35.5. The first-order valence-corrected chi connectivity index (χ1v) is 11.4. The Labute approximate surface area is 205 Å². The van der Waals surface area contributed by atoms with Crippen LogP contribution in [0.3, 0.4) is 0 Å². The highest BCUT2D eigenvalue weighted by molar-refractivity contribution is 7.99. The van der Waals surface area contributed by atoms with Gasteiger partial charge in [-0.2, -0.15) is 0 Å². The number of ether oxygens (including phenoxy) is 1. The molecule has 0 bridgehead atoms. The molecule has 0 fully saturated rings. The molecule has 0 aliphatic carbocycles. The van der Waals surface area contributed by atoms with Crippen molar-refractivity contribution in [3.8, 4) is 5.75 Å². The number of rotatable bonds is 10. The monoisotopic (exact) mass is 493 g/mol. The zero-order valence-corrected chi connectivity index (χ0v) is 20.2. The van der Waals surface area contributed by atoms with E-state index in [0.717, 1.165) is 26.7 Å². The lowest BCUT2D eigenvalue weighted by Gasteiger charge is -2.21. The summed E-state index contributed by atoms with van der Waals surface area (Å²) in [5, 5.41) is 19.8. The van der Waals surface area contributed by atoms with E-state index in [1.165, 1.54) is 0 Å². The Morgan fingerprint density at radius 3 is 2.41 bits per heavy atom. The molecule has 172 valence electrons. The van der Waals surface area contributed by atoms with Gasteiger partial charge in [0, 0.05) is 14.8 Å². The number of benzene rings is 3. The van der Waals surface area contributed by atoms with Crippen LogP contribution >= 0.6 is 35.8 Å². The molecule has 3 atom stereocenters. The first-order chi connectivity index (χ1) is 15.0. The van der Waals surface area contributed by atoms with E-state index < -0.39 is 12.1 Å². The van der Waals surface area contributed by atoms with Crippen LogP contribution in [0.2, 0.25) is 5.02 Å². The molecule has 0 aliphatic rings. The van der Waals surface area contributed by atoms with E-state index in [-0.39, 0.29) is 24.9 Å². The van der Waals surface area contributed by atoms with Crippen LogP contribution in [0, 0.1) is 0 Å². The highest BCUT2D eigenvalue weighted by Crippen LogP contribution is 2.35. The van der Waals surface area contributed by atoms with Crippen molar-refractivity contribution in [2.45, 2.75) is 47.8 Å². The lowest BCUT2D eigenvalue weighted by Crippen LogP contribution is -2.38. The molecule has 0 amide bonds. The predicted octanol–water partition coefficient (Wildman–Crippen LogP) is 5.67. The van der Waals surface area contributed by atoms with Crippen LogP contribution in [-0.4, -0.2) is 29.0 Å². The van der Waals surface area contributed by atoms with Crippen molar-refractivity contribution in [1.82, 2.24) is 0 Å². The van der Waals surface area contributed by atoms with E-state index in [4.69, 9.17) is 27.2 Å². The average molecular weight is 494 g/mol. The fourth-order valence-electron chi connectivity index (χ4n) is 3.26. The quantitative estimate of drug-likeness (QED) is 0.339. The first kappa shape index (κ1) is 26.5. The van der Waals surface area contributed by atoms with Crippen LogP contribution in [-0.2, 0) is 6.61 Å². The van der Waals surface area contributed by atoms with E-state index in [9.17, 15) is 5.11 Å². The number of hydrogen-bond donors (Lipinski definition) is 3. The van der Waals surface area contributed by atoms with Gasteiger partial charge in [0.05, 0.1) is 18.8 Å². The summed E-state index contributed by atoms with van der Waals surface area (Å²) >= 11 is 8.15. The summed E-state index contributed by atoms with van der Waals surface area (Å²) in [6.07, 6.45) is -0.335. The molecule has 3 unspecified atom stereocenters. The molecule has 0 spiro atoms. The Morgan fingerprint density at radius 2 is 1.72 bits per heavy atom. The largest absolute Gasteiger partial charge is 0.489 e. The molecule has 3 rings (SSSR count). The van der Waals surface area contributed by atoms with Crippen molar-refractivity contribution < 1.29 is 14.9 Å². The first-order valence-electron chi connectivity index (χ1n) is 10.2. The van der Waals surface area contributed by atoms with Gasteiger partial charge in [0.25, 0.3) is 0 Å². The van der Waals surface area contributed by atoms with Crippen molar-refractivity contribution in [1.29, 1.82) is 0 Å². The summed E-state index contributed by atoms with van der Waals surface area (Å²) in [5.41, 5.74) is 7.79. The summed E-state index contributed by atoms with van der Waals surface area (Å²) in [6, 6.07) is 23.4. The van der Waals surface area contributed by atoms with Crippen LogP contribution < -0.4 is 10.5 Å². The Kier molecular flexibility index (Phi) is 10.9. The number of hydrogen-bond acceptors (Lipinski definition) is 5. The second-order valence-electron chi connectivity index (χ2n) is 7.59. The molecule has 4 nitrogen and oxygen atoms in total. The minimum Gasteiger partial charge on any atom is -0.489 e. The van der Waals surface area contributed by atoms with Gasteiger partial charge in [-0.25, -0.2) is 0 Å². The van der Waals surface area contributed by atoms with Gasteiger partial charge in [-0.1, -0.05) is 72.8 Å². The maximum absolute atomic E-state index is 10.1. The smallest absolute Gasteiger partial charge is 0.120 e. The average Bonchev–Trinajstić information content (AvgIpc) is 2.78. The standard InChI is InChI=1S/C25H28ClNO3S.ClH/c1-17(12-25(29)24(27)15-28)22-11-10-21(14-23(22)26)31-20-9-5-8-19(13-20)30-16-18-6-3-2-4-7-18;/h2-11,13-14,17,24-25,28-29H,12,15-16,27H2,1H3;1H. The molecule has 0 radical (unpaired) electrons. The van der Waals surface area contributed by atoms with Crippen LogP contribution in [0.5, 0.6) is 5.75 Å². The van der Waals surface area contributed by atoms with Crippen molar-refractivity contribution >= 4 is 35.8 Å².